The minimum atomic E-state index is 0.547. The fourth-order valence-electron chi connectivity index (χ4n) is 3.51. The van der Waals surface area contributed by atoms with Gasteiger partial charge >= 0.3 is 0 Å². The maximum Gasteiger partial charge on any atom is 0.0285 e. The normalized spacial score (nSPS) is 19.7. The summed E-state index contributed by atoms with van der Waals surface area (Å²) in [5.41, 5.74) is 0.547. The Bertz CT molecular complexity index is 382. The second-order valence-corrected chi connectivity index (χ2v) is 7.78. The van der Waals surface area contributed by atoms with Crippen LogP contribution in [0, 0.1) is 5.41 Å². The Balaban J connectivity index is 2.10. The third kappa shape index (κ3) is 3.83. The van der Waals surface area contributed by atoms with Crippen molar-refractivity contribution in [1.29, 1.82) is 0 Å². The van der Waals surface area contributed by atoms with E-state index in [0.717, 1.165) is 6.54 Å². The monoisotopic (exact) mass is 343 g/mol. The van der Waals surface area contributed by atoms with Crippen LogP contribution in [0.1, 0.15) is 57.2 Å². The lowest BCUT2D eigenvalue weighted by molar-refractivity contribution is 0.185. The van der Waals surface area contributed by atoms with E-state index >= 15 is 0 Å². The van der Waals surface area contributed by atoms with Crippen LogP contribution in [0.25, 0.3) is 0 Å². The Kier molecular flexibility index (Phi) is 5.91. The molecule has 2 rings (SSSR count). The standard InChI is InChI=1S/C16H26BrNS/c1-3-9-18-15(11-14-10-13(17)12-19-14)16(4-2)7-5-6-8-16/h10,12,15,18H,3-9,11H2,1-2H3. The predicted octanol–water partition coefficient (Wildman–Crippen LogP) is 5.39. The molecule has 1 heterocycles. The van der Waals surface area contributed by atoms with E-state index in [4.69, 9.17) is 0 Å². The lowest BCUT2D eigenvalue weighted by atomic mass is 9.74. The Labute approximate surface area is 130 Å². The molecule has 1 atom stereocenters. The van der Waals surface area contributed by atoms with Gasteiger partial charge in [-0.05, 0) is 66.1 Å². The number of thiophene rings is 1. The van der Waals surface area contributed by atoms with Crippen LogP contribution in [-0.2, 0) is 6.42 Å². The van der Waals surface area contributed by atoms with Crippen molar-refractivity contribution >= 4 is 27.3 Å². The van der Waals surface area contributed by atoms with Gasteiger partial charge in [-0.25, -0.2) is 0 Å². The number of halogens is 1. The summed E-state index contributed by atoms with van der Waals surface area (Å²) in [5.74, 6) is 0. The highest BCUT2D eigenvalue weighted by Crippen LogP contribution is 2.45. The molecule has 1 aromatic rings. The Hall–Kier alpha value is 0.140. The molecule has 1 unspecified atom stereocenters. The molecule has 1 aliphatic carbocycles. The Morgan fingerprint density at radius 1 is 1.37 bits per heavy atom. The molecule has 108 valence electrons. The van der Waals surface area contributed by atoms with Crippen molar-refractivity contribution in [2.75, 3.05) is 6.54 Å². The molecular weight excluding hydrogens is 318 g/mol. The lowest BCUT2D eigenvalue weighted by Gasteiger charge is -2.37. The van der Waals surface area contributed by atoms with E-state index in [0.29, 0.717) is 11.5 Å². The third-order valence-electron chi connectivity index (χ3n) is 4.71. The van der Waals surface area contributed by atoms with Crippen molar-refractivity contribution in [1.82, 2.24) is 5.32 Å². The zero-order chi connectivity index (χ0) is 13.7. The van der Waals surface area contributed by atoms with E-state index in [-0.39, 0.29) is 0 Å². The second kappa shape index (κ2) is 7.24. The highest BCUT2D eigenvalue weighted by atomic mass is 79.9. The van der Waals surface area contributed by atoms with Crippen LogP contribution in [0.15, 0.2) is 15.9 Å². The maximum atomic E-state index is 3.85. The van der Waals surface area contributed by atoms with Gasteiger partial charge in [0.25, 0.3) is 0 Å². The van der Waals surface area contributed by atoms with Gasteiger partial charge in [-0.15, -0.1) is 11.3 Å². The number of nitrogens with one attached hydrogen (secondary N) is 1. The molecule has 0 bridgehead atoms. The van der Waals surface area contributed by atoms with Crippen molar-refractivity contribution in [2.45, 2.75) is 64.8 Å². The summed E-state index contributed by atoms with van der Waals surface area (Å²) in [5, 5.41) is 6.06. The summed E-state index contributed by atoms with van der Waals surface area (Å²) in [6.45, 7) is 5.80. The third-order valence-corrected chi connectivity index (χ3v) is 6.43. The fraction of sp³-hybridized carbons (Fsp3) is 0.750. The molecule has 0 aromatic carbocycles. The minimum Gasteiger partial charge on any atom is -0.313 e. The quantitative estimate of drug-likeness (QED) is 0.699. The second-order valence-electron chi connectivity index (χ2n) is 5.87. The highest BCUT2D eigenvalue weighted by Gasteiger charge is 2.39. The molecule has 0 radical (unpaired) electrons. The van der Waals surface area contributed by atoms with E-state index in [1.165, 1.54) is 54.3 Å². The number of hydrogen-bond donors (Lipinski definition) is 1. The summed E-state index contributed by atoms with van der Waals surface area (Å²) in [6.07, 6.45) is 9.42. The average Bonchev–Trinajstić information content (AvgIpc) is 3.04. The predicted molar refractivity (Wildman–Crippen MR) is 89.0 cm³/mol. The van der Waals surface area contributed by atoms with Crippen LogP contribution >= 0.6 is 27.3 Å². The Morgan fingerprint density at radius 2 is 2.11 bits per heavy atom. The van der Waals surface area contributed by atoms with Gasteiger partial charge in [0.1, 0.15) is 0 Å². The minimum absolute atomic E-state index is 0.547. The molecule has 0 saturated heterocycles. The first-order valence-electron chi connectivity index (χ1n) is 7.66. The fourth-order valence-corrected chi connectivity index (χ4v) is 5.01. The summed E-state index contributed by atoms with van der Waals surface area (Å²) >= 11 is 5.47. The molecule has 0 amide bonds. The maximum absolute atomic E-state index is 3.85. The van der Waals surface area contributed by atoms with E-state index in [1.54, 1.807) is 0 Å². The van der Waals surface area contributed by atoms with Gasteiger partial charge in [-0.1, -0.05) is 26.7 Å². The van der Waals surface area contributed by atoms with Crippen LogP contribution in [0.3, 0.4) is 0 Å². The topological polar surface area (TPSA) is 12.0 Å². The zero-order valence-electron chi connectivity index (χ0n) is 12.2. The van der Waals surface area contributed by atoms with Crippen LogP contribution < -0.4 is 5.32 Å². The average molecular weight is 344 g/mol. The molecule has 19 heavy (non-hydrogen) atoms. The molecular formula is C16H26BrNS. The van der Waals surface area contributed by atoms with Crippen molar-refractivity contribution in [3.63, 3.8) is 0 Å². The van der Waals surface area contributed by atoms with Gasteiger partial charge in [0.05, 0.1) is 0 Å². The lowest BCUT2D eigenvalue weighted by Crippen LogP contribution is -2.45. The summed E-state index contributed by atoms with van der Waals surface area (Å²) in [4.78, 5) is 1.51. The zero-order valence-corrected chi connectivity index (χ0v) is 14.6. The van der Waals surface area contributed by atoms with E-state index < -0.39 is 0 Å². The summed E-state index contributed by atoms with van der Waals surface area (Å²) in [7, 11) is 0. The van der Waals surface area contributed by atoms with E-state index in [2.05, 4.69) is 46.5 Å². The number of rotatable bonds is 7. The van der Waals surface area contributed by atoms with E-state index in [9.17, 15) is 0 Å². The molecule has 1 saturated carbocycles. The van der Waals surface area contributed by atoms with Crippen molar-refractivity contribution in [3.05, 3.63) is 20.8 Å². The first kappa shape index (κ1) is 15.5. The van der Waals surface area contributed by atoms with Gasteiger partial charge in [0, 0.05) is 20.8 Å². The first-order valence-corrected chi connectivity index (χ1v) is 9.34. The van der Waals surface area contributed by atoms with Crippen LogP contribution in [0.5, 0.6) is 0 Å². The molecule has 1 fully saturated rings. The van der Waals surface area contributed by atoms with Crippen molar-refractivity contribution in [2.24, 2.45) is 5.41 Å². The molecule has 0 aliphatic heterocycles. The van der Waals surface area contributed by atoms with Gasteiger partial charge in [-0.3, -0.25) is 0 Å². The Morgan fingerprint density at radius 3 is 2.63 bits per heavy atom. The van der Waals surface area contributed by atoms with Crippen molar-refractivity contribution < 1.29 is 0 Å². The molecule has 1 nitrogen and oxygen atoms in total. The first-order chi connectivity index (χ1) is 9.20. The van der Waals surface area contributed by atoms with Gasteiger partial charge in [0.15, 0.2) is 0 Å². The smallest absolute Gasteiger partial charge is 0.0285 e. The van der Waals surface area contributed by atoms with E-state index in [1.807, 2.05) is 11.3 Å². The number of hydrogen-bond acceptors (Lipinski definition) is 2. The molecule has 0 spiro atoms. The van der Waals surface area contributed by atoms with Gasteiger partial charge in [0.2, 0.25) is 0 Å². The molecule has 1 aliphatic rings. The molecule has 1 aromatic heterocycles. The molecule has 1 N–H and O–H groups in total. The largest absolute Gasteiger partial charge is 0.313 e. The van der Waals surface area contributed by atoms with Crippen LogP contribution in [0.4, 0.5) is 0 Å². The van der Waals surface area contributed by atoms with Gasteiger partial charge in [-0.2, -0.15) is 0 Å². The SMILES string of the molecule is CCCNC(Cc1cc(Br)cs1)C1(CC)CCCC1. The van der Waals surface area contributed by atoms with Crippen molar-refractivity contribution in [3.8, 4) is 0 Å². The van der Waals surface area contributed by atoms with Gasteiger partial charge < -0.3 is 5.32 Å². The van der Waals surface area contributed by atoms with Crippen LogP contribution in [-0.4, -0.2) is 12.6 Å². The highest BCUT2D eigenvalue weighted by molar-refractivity contribution is 9.10. The molecule has 3 heteroatoms. The van der Waals surface area contributed by atoms with Crippen LogP contribution in [0.2, 0.25) is 0 Å². The summed E-state index contributed by atoms with van der Waals surface area (Å²) < 4.78 is 1.23. The summed E-state index contributed by atoms with van der Waals surface area (Å²) in [6, 6.07) is 2.95.